The van der Waals surface area contributed by atoms with Gasteiger partial charge < -0.3 is 11.1 Å². The highest BCUT2D eigenvalue weighted by Gasteiger charge is 2.28. The number of nitrogens with zero attached hydrogens (tertiary/aromatic N) is 1. The average Bonchev–Trinajstić information content (AvgIpc) is 2.72. The zero-order valence-electron chi connectivity index (χ0n) is 10.1. The summed E-state index contributed by atoms with van der Waals surface area (Å²) in [6.07, 6.45) is 2.62. The molecular weight excluding hydrogens is 326 g/mol. The Labute approximate surface area is 125 Å². The number of hydrogen-bond acceptors (Lipinski definition) is 3. The van der Waals surface area contributed by atoms with Gasteiger partial charge in [0.15, 0.2) is 0 Å². The Balaban J connectivity index is 1.87. The highest BCUT2D eigenvalue weighted by Crippen LogP contribution is 2.39. The molecule has 3 N–H and O–H groups in total. The molecule has 0 aliphatic heterocycles. The number of fused-ring (bicyclic) bond motifs is 1. The van der Waals surface area contributed by atoms with Gasteiger partial charge in [-0.1, -0.05) is 35.9 Å². The van der Waals surface area contributed by atoms with Crippen LogP contribution < -0.4 is 11.1 Å². The van der Waals surface area contributed by atoms with Crippen molar-refractivity contribution in [2.75, 3.05) is 5.32 Å². The van der Waals surface area contributed by atoms with Gasteiger partial charge in [0.25, 0.3) is 0 Å². The fourth-order valence-electron chi connectivity index (χ4n) is 2.51. The van der Waals surface area contributed by atoms with Crippen molar-refractivity contribution in [3.63, 3.8) is 0 Å². The van der Waals surface area contributed by atoms with Gasteiger partial charge in [-0.05, 0) is 39.5 Å². The highest BCUT2D eigenvalue weighted by atomic mass is 79.9. The van der Waals surface area contributed by atoms with E-state index in [0.717, 1.165) is 16.6 Å². The highest BCUT2D eigenvalue weighted by molar-refractivity contribution is 9.10. The number of benzene rings is 1. The van der Waals surface area contributed by atoms with Crippen LogP contribution in [0, 0.1) is 0 Å². The van der Waals surface area contributed by atoms with E-state index >= 15 is 0 Å². The standard InChI is InChI=1S/C14H13BrClN3/c15-11-5-8(7-18-14(11)16)19-13-6-12(17)9-3-1-2-4-10(9)13/h1-5,7,12-13,19H,6,17H2. The molecule has 3 nitrogen and oxygen atoms in total. The summed E-state index contributed by atoms with van der Waals surface area (Å²) in [5.41, 5.74) is 9.58. The SMILES string of the molecule is NC1CC(Nc2cnc(Cl)c(Br)c2)c2ccccc21. The Morgan fingerprint density at radius 1 is 1.32 bits per heavy atom. The van der Waals surface area contributed by atoms with Crippen LogP contribution in [0.4, 0.5) is 5.69 Å². The smallest absolute Gasteiger partial charge is 0.143 e. The topological polar surface area (TPSA) is 50.9 Å². The molecule has 2 aromatic rings. The zero-order valence-corrected chi connectivity index (χ0v) is 12.4. The summed E-state index contributed by atoms with van der Waals surface area (Å²) in [6, 6.07) is 10.5. The van der Waals surface area contributed by atoms with Crippen LogP contribution in [0.5, 0.6) is 0 Å². The van der Waals surface area contributed by atoms with E-state index < -0.39 is 0 Å². The molecule has 1 aliphatic carbocycles. The number of hydrogen-bond donors (Lipinski definition) is 2. The molecule has 19 heavy (non-hydrogen) atoms. The fourth-order valence-corrected chi connectivity index (χ4v) is 2.96. The first-order chi connectivity index (χ1) is 9.15. The molecule has 2 atom stereocenters. The minimum Gasteiger partial charge on any atom is -0.377 e. The van der Waals surface area contributed by atoms with Crippen molar-refractivity contribution in [1.29, 1.82) is 0 Å². The zero-order chi connectivity index (χ0) is 13.4. The number of anilines is 1. The van der Waals surface area contributed by atoms with Crippen molar-refractivity contribution in [3.8, 4) is 0 Å². The van der Waals surface area contributed by atoms with E-state index in [1.165, 1.54) is 11.1 Å². The summed E-state index contributed by atoms with van der Waals surface area (Å²) in [5, 5.41) is 3.93. The molecule has 2 unspecified atom stereocenters. The van der Waals surface area contributed by atoms with E-state index in [0.29, 0.717) is 5.15 Å². The van der Waals surface area contributed by atoms with Crippen LogP contribution in [0.1, 0.15) is 29.6 Å². The van der Waals surface area contributed by atoms with E-state index in [2.05, 4.69) is 38.4 Å². The van der Waals surface area contributed by atoms with Gasteiger partial charge in [0.05, 0.1) is 22.4 Å². The van der Waals surface area contributed by atoms with Gasteiger partial charge in [-0.15, -0.1) is 0 Å². The molecule has 3 rings (SSSR count). The molecule has 98 valence electrons. The largest absolute Gasteiger partial charge is 0.377 e. The van der Waals surface area contributed by atoms with Crippen LogP contribution in [-0.4, -0.2) is 4.98 Å². The first-order valence-electron chi connectivity index (χ1n) is 6.07. The Morgan fingerprint density at radius 3 is 2.79 bits per heavy atom. The maximum atomic E-state index is 6.16. The van der Waals surface area contributed by atoms with E-state index in [1.54, 1.807) is 6.20 Å². The van der Waals surface area contributed by atoms with Crippen LogP contribution in [0.25, 0.3) is 0 Å². The molecule has 0 saturated heterocycles. The van der Waals surface area contributed by atoms with Gasteiger partial charge >= 0.3 is 0 Å². The van der Waals surface area contributed by atoms with Gasteiger partial charge in [-0.25, -0.2) is 4.98 Å². The molecule has 0 radical (unpaired) electrons. The molecule has 0 amide bonds. The maximum absolute atomic E-state index is 6.16. The van der Waals surface area contributed by atoms with Crippen molar-refractivity contribution < 1.29 is 0 Å². The quantitative estimate of drug-likeness (QED) is 0.812. The third kappa shape index (κ3) is 2.48. The number of nitrogens with one attached hydrogen (secondary N) is 1. The van der Waals surface area contributed by atoms with Crippen LogP contribution in [-0.2, 0) is 0 Å². The second kappa shape index (κ2) is 5.12. The number of rotatable bonds is 2. The normalized spacial score (nSPS) is 21.2. The first-order valence-corrected chi connectivity index (χ1v) is 7.24. The molecule has 1 aliphatic rings. The van der Waals surface area contributed by atoms with E-state index in [-0.39, 0.29) is 12.1 Å². The maximum Gasteiger partial charge on any atom is 0.143 e. The summed E-state index contributed by atoms with van der Waals surface area (Å²) in [6.45, 7) is 0. The molecule has 5 heteroatoms. The summed E-state index contributed by atoms with van der Waals surface area (Å²) in [4.78, 5) is 4.12. The molecule has 0 fully saturated rings. The fraction of sp³-hybridized carbons (Fsp3) is 0.214. The Morgan fingerprint density at radius 2 is 2.05 bits per heavy atom. The van der Waals surface area contributed by atoms with E-state index in [1.807, 2.05) is 18.2 Å². The van der Waals surface area contributed by atoms with Gasteiger partial charge in [-0.2, -0.15) is 0 Å². The van der Waals surface area contributed by atoms with Gasteiger partial charge in [0.2, 0.25) is 0 Å². The number of halogens is 2. The van der Waals surface area contributed by atoms with Gasteiger partial charge in [0.1, 0.15) is 5.15 Å². The van der Waals surface area contributed by atoms with E-state index in [9.17, 15) is 0 Å². The third-order valence-corrected chi connectivity index (χ3v) is 4.53. The van der Waals surface area contributed by atoms with Crippen molar-refractivity contribution in [2.24, 2.45) is 5.73 Å². The second-order valence-electron chi connectivity index (χ2n) is 4.66. The van der Waals surface area contributed by atoms with Crippen molar-refractivity contribution in [2.45, 2.75) is 18.5 Å². The van der Waals surface area contributed by atoms with Crippen LogP contribution >= 0.6 is 27.5 Å². The van der Waals surface area contributed by atoms with Crippen LogP contribution in [0.15, 0.2) is 41.0 Å². The monoisotopic (exact) mass is 337 g/mol. The first kappa shape index (κ1) is 12.9. The molecule has 1 heterocycles. The minimum absolute atomic E-state index is 0.0948. The number of aromatic nitrogens is 1. The molecule has 0 bridgehead atoms. The minimum atomic E-state index is 0.0948. The lowest BCUT2D eigenvalue weighted by atomic mass is 10.1. The Hall–Kier alpha value is -1.10. The number of pyridine rings is 1. The molecule has 1 aromatic heterocycles. The summed E-state index contributed by atoms with van der Waals surface area (Å²) < 4.78 is 0.787. The second-order valence-corrected chi connectivity index (χ2v) is 5.88. The summed E-state index contributed by atoms with van der Waals surface area (Å²) in [7, 11) is 0. The molecule has 1 aromatic carbocycles. The van der Waals surface area contributed by atoms with E-state index in [4.69, 9.17) is 17.3 Å². The predicted molar refractivity (Wildman–Crippen MR) is 81.3 cm³/mol. The van der Waals surface area contributed by atoms with Crippen LogP contribution in [0.2, 0.25) is 5.15 Å². The predicted octanol–water partition coefficient (Wildman–Crippen LogP) is 4.05. The summed E-state index contributed by atoms with van der Waals surface area (Å²) in [5.74, 6) is 0. The third-order valence-electron chi connectivity index (χ3n) is 3.40. The van der Waals surface area contributed by atoms with Crippen molar-refractivity contribution in [1.82, 2.24) is 4.98 Å². The van der Waals surface area contributed by atoms with Crippen molar-refractivity contribution in [3.05, 3.63) is 57.3 Å². The Bertz CT molecular complexity index is 617. The van der Waals surface area contributed by atoms with Gasteiger partial charge in [-0.3, -0.25) is 0 Å². The summed E-state index contributed by atoms with van der Waals surface area (Å²) >= 11 is 9.28. The lowest BCUT2D eigenvalue weighted by molar-refractivity contribution is 0.648. The van der Waals surface area contributed by atoms with Crippen molar-refractivity contribution >= 4 is 33.2 Å². The lowest BCUT2D eigenvalue weighted by Gasteiger charge is -2.15. The molecule has 0 saturated carbocycles. The lowest BCUT2D eigenvalue weighted by Crippen LogP contribution is -2.10. The molecule has 0 spiro atoms. The Kier molecular flexibility index (Phi) is 3.48. The average molecular weight is 339 g/mol. The number of nitrogens with two attached hydrogens (primary N) is 1. The van der Waals surface area contributed by atoms with Crippen LogP contribution in [0.3, 0.4) is 0 Å². The van der Waals surface area contributed by atoms with Gasteiger partial charge in [0, 0.05) is 6.04 Å². The molecular formula is C14H13BrClN3.